The zero-order valence-electron chi connectivity index (χ0n) is 16.3. The summed E-state index contributed by atoms with van der Waals surface area (Å²) in [6.07, 6.45) is 1.08. The van der Waals surface area contributed by atoms with Crippen molar-refractivity contribution >= 4 is 34.3 Å². The first kappa shape index (κ1) is 19.2. The van der Waals surface area contributed by atoms with E-state index in [4.69, 9.17) is 16.0 Å². The normalized spacial score (nSPS) is 12.1. The van der Waals surface area contributed by atoms with Gasteiger partial charge in [-0.1, -0.05) is 43.6 Å². The van der Waals surface area contributed by atoms with E-state index in [1.54, 1.807) is 24.3 Å². The zero-order valence-corrected chi connectivity index (χ0v) is 17.0. The molecule has 1 atom stereocenters. The van der Waals surface area contributed by atoms with Crippen molar-refractivity contribution < 1.29 is 9.21 Å². The van der Waals surface area contributed by atoms with Crippen molar-refractivity contribution in [2.24, 2.45) is 0 Å². The molecule has 1 N–H and O–H groups in total. The van der Waals surface area contributed by atoms with Gasteiger partial charge in [0.25, 0.3) is 5.91 Å². The van der Waals surface area contributed by atoms with Crippen molar-refractivity contribution in [3.05, 3.63) is 82.9 Å². The van der Waals surface area contributed by atoms with Crippen LogP contribution >= 0.6 is 11.6 Å². The van der Waals surface area contributed by atoms with E-state index in [0.29, 0.717) is 28.1 Å². The van der Waals surface area contributed by atoms with Gasteiger partial charge in [-0.3, -0.25) is 4.79 Å². The molecule has 1 amide bonds. The quantitative estimate of drug-likeness (QED) is 0.393. The van der Waals surface area contributed by atoms with Crippen LogP contribution in [0.3, 0.4) is 0 Å². The number of nitrogens with zero attached hydrogens (tertiary/aromatic N) is 1. The van der Waals surface area contributed by atoms with E-state index in [1.165, 1.54) is 5.56 Å². The molecule has 3 aromatic carbocycles. The molecule has 0 bridgehead atoms. The molecule has 4 rings (SSSR count). The summed E-state index contributed by atoms with van der Waals surface area (Å²) in [7, 11) is 0. The number of oxazole rings is 1. The smallest absolute Gasteiger partial charge is 0.257 e. The first-order valence-electron chi connectivity index (χ1n) is 9.62. The molecule has 4 aromatic rings. The Kier molecular flexibility index (Phi) is 5.36. The monoisotopic (exact) mass is 404 g/mol. The Hall–Kier alpha value is -3.11. The summed E-state index contributed by atoms with van der Waals surface area (Å²) < 4.78 is 5.91. The van der Waals surface area contributed by atoms with Crippen molar-refractivity contribution in [1.82, 2.24) is 4.98 Å². The molecule has 0 saturated carbocycles. The Labute approximate surface area is 174 Å². The van der Waals surface area contributed by atoms with E-state index < -0.39 is 0 Å². The molecule has 4 nitrogen and oxygen atoms in total. The zero-order chi connectivity index (χ0) is 20.4. The van der Waals surface area contributed by atoms with Gasteiger partial charge >= 0.3 is 0 Å². The Morgan fingerprint density at radius 1 is 1.10 bits per heavy atom. The predicted molar refractivity (Wildman–Crippen MR) is 118 cm³/mol. The van der Waals surface area contributed by atoms with Crippen LogP contribution in [0.2, 0.25) is 5.02 Å². The number of nitrogens with one attached hydrogen (secondary N) is 1. The van der Waals surface area contributed by atoms with Crippen molar-refractivity contribution in [2.45, 2.75) is 26.2 Å². The molecule has 0 saturated heterocycles. The number of carbonyl (C=O) groups is 1. The van der Waals surface area contributed by atoms with Crippen LogP contribution in [-0.4, -0.2) is 10.9 Å². The molecular formula is C24H21ClN2O2. The lowest BCUT2D eigenvalue weighted by Crippen LogP contribution is -2.12. The van der Waals surface area contributed by atoms with Gasteiger partial charge in [-0.05, 0) is 66.4 Å². The third kappa shape index (κ3) is 4.03. The average molecular weight is 405 g/mol. The van der Waals surface area contributed by atoms with E-state index in [9.17, 15) is 4.79 Å². The number of fused-ring (bicyclic) bond motifs is 1. The van der Waals surface area contributed by atoms with Crippen LogP contribution in [-0.2, 0) is 0 Å². The summed E-state index contributed by atoms with van der Waals surface area (Å²) in [5, 5.41) is 3.28. The number of halogens is 1. The van der Waals surface area contributed by atoms with Crippen LogP contribution in [0.15, 0.2) is 71.1 Å². The summed E-state index contributed by atoms with van der Waals surface area (Å²) in [5.74, 6) is 0.800. The number of aromatic nitrogens is 1. The fourth-order valence-electron chi connectivity index (χ4n) is 3.15. The van der Waals surface area contributed by atoms with Crippen molar-refractivity contribution in [3.63, 3.8) is 0 Å². The molecule has 0 aliphatic carbocycles. The molecule has 0 fully saturated rings. The second-order valence-corrected chi connectivity index (χ2v) is 7.47. The van der Waals surface area contributed by atoms with Crippen LogP contribution < -0.4 is 5.32 Å². The van der Waals surface area contributed by atoms with Crippen LogP contribution in [0.1, 0.15) is 42.1 Å². The van der Waals surface area contributed by atoms with Crippen LogP contribution in [0.5, 0.6) is 0 Å². The summed E-state index contributed by atoms with van der Waals surface area (Å²) in [6, 6.07) is 20.5. The standard InChI is InChI=1S/C24H21ClN2O2/c1-3-15(2)17-10-13-22-21(14-17)27-24(29-22)16-8-11-18(12-9-16)26-23(28)19-6-4-5-7-20(19)25/h4-15H,3H2,1-2H3,(H,26,28)/t15-/m0/s1. The van der Waals surface area contributed by atoms with Gasteiger partial charge in [0.15, 0.2) is 5.58 Å². The third-order valence-corrected chi connectivity index (χ3v) is 5.43. The van der Waals surface area contributed by atoms with Crippen molar-refractivity contribution in [2.75, 3.05) is 5.32 Å². The number of amides is 1. The largest absolute Gasteiger partial charge is 0.436 e. The van der Waals surface area contributed by atoms with E-state index in [1.807, 2.05) is 30.3 Å². The number of hydrogen-bond donors (Lipinski definition) is 1. The molecular weight excluding hydrogens is 384 g/mol. The topological polar surface area (TPSA) is 55.1 Å². The van der Waals surface area contributed by atoms with Crippen LogP contribution in [0, 0.1) is 0 Å². The third-order valence-electron chi connectivity index (χ3n) is 5.10. The summed E-state index contributed by atoms with van der Waals surface area (Å²) in [5.41, 5.74) is 4.85. The van der Waals surface area contributed by atoms with Crippen LogP contribution in [0.4, 0.5) is 5.69 Å². The number of anilines is 1. The van der Waals surface area contributed by atoms with Gasteiger partial charge in [0, 0.05) is 11.3 Å². The Bertz CT molecular complexity index is 1170. The number of benzene rings is 3. The Balaban J connectivity index is 1.54. The molecule has 146 valence electrons. The van der Waals surface area contributed by atoms with E-state index in [2.05, 4.69) is 36.3 Å². The molecule has 29 heavy (non-hydrogen) atoms. The van der Waals surface area contributed by atoms with Gasteiger partial charge in [0.2, 0.25) is 5.89 Å². The molecule has 1 heterocycles. The lowest BCUT2D eigenvalue weighted by Gasteiger charge is -2.07. The summed E-state index contributed by atoms with van der Waals surface area (Å²) in [6.45, 7) is 4.38. The number of rotatable bonds is 5. The fourth-order valence-corrected chi connectivity index (χ4v) is 3.37. The van der Waals surface area contributed by atoms with Crippen molar-refractivity contribution in [3.8, 4) is 11.5 Å². The van der Waals surface area contributed by atoms with Gasteiger partial charge < -0.3 is 9.73 Å². The number of hydrogen-bond acceptors (Lipinski definition) is 3. The summed E-state index contributed by atoms with van der Waals surface area (Å²) >= 11 is 6.09. The second kappa shape index (κ2) is 8.10. The van der Waals surface area contributed by atoms with Gasteiger partial charge in [-0.2, -0.15) is 0 Å². The van der Waals surface area contributed by atoms with Crippen LogP contribution in [0.25, 0.3) is 22.6 Å². The molecule has 5 heteroatoms. The SMILES string of the molecule is CC[C@H](C)c1ccc2oc(-c3ccc(NC(=O)c4ccccc4Cl)cc3)nc2c1. The highest BCUT2D eigenvalue weighted by molar-refractivity contribution is 6.34. The minimum absolute atomic E-state index is 0.247. The molecule has 1 aromatic heterocycles. The van der Waals surface area contributed by atoms with E-state index in [-0.39, 0.29) is 5.91 Å². The number of carbonyl (C=O) groups excluding carboxylic acids is 1. The van der Waals surface area contributed by atoms with Crippen molar-refractivity contribution in [1.29, 1.82) is 0 Å². The van der Waals surface area contributed by atoms with E-state index >= 15 is 0 Å². The minimum atomic E-state index is -0.247. The lowest BCUT2D eigenvalue weighted by molar-refractivity contribution is 0.102. The molecule has 0 unspecified atom stereocenters. The van der Waals surface area contributed by atoms with Gasteiger partial charge in [-0.15, -0.1) is 0 Å². The maximum absolute atomic E-state index is 12.4. The highest BCUT2D eigenvalue weighted by Gasteiger charge is 2.12. The average Bonchev–Trinajstić information content (AvgIpc) is 3.17. The first-order valence-corrected chi connectivity index (χ1v) is 9.99. The fraction of sp³-hybridized carbons (Fsp3) is 0.167. The Morgan fingerprint density at radius 2 is 1.86 bits per heavy atom. The highest BCUT2D eigenvalue weighted by atomic mass is 35.5. The lowest BCUT2D eigenvalue weighted by atomic mass is 9.98. The second-order valence-electron chi connectivity index (χ2n) is 7.07. The van der Waals surface area contributed by atoms with Gasteiger partial charge in [-0.25, -0.2) is 4.98 Å². The summed E-state index contributed by atoms with van der Waals surface area (Å²) in [4.78, 5) is 17.0. The minimum Gasteiger partial charge on any atom is -0.436 e. The Morgan fingerprint density at radius 3 is 2.59 bits per heavy atom. The maximum Gasteiger partial charge on any atom is 0.257 e. The van der Waals surface area contributed by atoms with Gasteiger partial charge in [0.1, 0.15) is 5.52 Å². The molecule has 0 spiro atoms. The van der Waals surface area contributed by atoms with E-state index in [0.717, 1.165) is 23.1 Å². The predicted octanol–water partition coefficient (Wildman–Crippen LogP) is 6.91. The first-order chi connectivity index (χ1) is 14.0. The highest BCUT2D eigenvalue weighted by Crippen LogP contribution is 2.28. The van der Waals surface area contributed by atoms with Gasteiger partial charge in [0.05, 0.1) is 10.6 Å². The molecule has 0 aliphatic heterocycles. The maximum atomic E-state index is 12.4. The molecule has 0 radical (unpaired) electrons. The molecule has 0 aliphatic rings.